The molecule has 7 heteroatoms. The molecule has 2 N–H and O–H groups in total. The van der Waals surface area contributed by atoms with Crippen LogP contribution in [0.2, 0.25) is 0 Å². The van der Waals surface area contributed by atoms with E-state index < -0.39 is 36.3 Å². The second-order valence-electron chi connectivity index (χ2n) is 6.11. The van der Waals surface area contributed by atoms with Gasteiger partial charge in [0.2, 0.25) is 5.91 Å². The van der Waals surface area contributed by atoms with Gasteiger partial charge in [-0.15, -0.1) is 0 Å². The van der Waals surface area contributed by atoms with E-state index in [2.05, 4.69) is 5.32 Å². The quantitative estimate of drug-likeness (QED) is 0.748. The normalized spacial score (nSPS) is 33.4. The molecule has 2 rings (SSSR count). The molecule has 0 aromatic carbocycles. The molecule has 0 saturated carbocycles. The first-order valence-electron chi connectivity index (χ1n) is 8.02. The number of carbonyl (C=O) groups excluding carboxylic acids is 2. The Morgan fingerprint density at radius 2 is 2.17 bits per heavy atom. The standard InChI is InChI=1S/C16H24N2O5/c1-4-6-10-8-11(15(20)21)18-14(10)13(17-9(3)19)12(7-5-2)23-16(18)22/h4,6,10-14H,5,7-8H2,1-3H3,(H,17,19)(H,20,21)/b6-4-/t10-,11-,12+,13+,14-/m1/s1. The molecule has 7 nitrogen and oxygen atoms in total. The van der Waals surface area contributed by atoms with Crippen molar-refractivity contribution in [2.45, 2.75) is 64.3 Å². The van der Waals surface area contributed by atoms with Crippen LogP contribution in [-0.4, -0.2) is 52.2 Å². The Morgan fingerprint density at radius 1 is 1.48 bits per heavy atom. The van der Waals surface area contributed by atoms with Gasteiger partial charge in [-0.3, -0.25) is 9.69 Å². The number of amides is 2. The fourth-order valence-corrected chi connectivity index (χ4v) is 3.69. The predicted molar refractivity (Wildman–Crippen MR) is 82.8 cm³/mol. The van der Waals surface area contributed by atoms with E-state index in [0.717, 1.165) is 6.42 Å². The molecule has 5 atom stereocenters. The SMILES string of the molecule is C/C=C\[C@@H]1C[C@H](C(=O)O)N2C(=O)O[C@@H](CCC)[C@H](NC(C)=O)[C@@H]12. The smallest absolute Gasteiger partial charge is 0.411 e. The van der Waals surface area contributed by atoms with Crippen molar-refractivity contribution >= 4 is 18.0 Å². The van der Waals surface area contributed by atoms with Gasteiger partial charge in [0.1, 0.15) is 12.1 Å². The van der Waals surface area contributed by atoms with Gasteiger partial charge in [-0.2, -0.15) is 0 Å². The minimum Gasteiger partial charge on any atom is -0.480 e. The van der Waals surface area contributed by atoms with E-state index in [4.69, 9.17) is 4.74 Å². The number of cyclic esters (lactones) is 1. The van der Waals surface area contributed by atoms with E-state index in [1.807, 2.05) is 26.0 Å². The number of rotatable bonds is 5. The Morgan fingerprint density at radius 3 is 2.70 bits per heavy atom. The molecule has 2 saturated heterocycles. The highest BCUT2D eigenvalue weighted by Gasteiger charge is 2.55. The minimum atomic E-state index is -1.05. The summed E-state index contributed by atoms with van der Waals surface area (Å²) in [6, 6.07) is -1.72. The summed E-state index contributed by atoms with van der Waals surface area (Å²) < 4.78 is 5.45. The van der Waals surface area contributed by atoms with Gasteiger partial charge in [0.05, 0.1) is 12.1 Å². The van der Waals surface area contributed by atoms with Gasteiger partial charge in [-0.1, -0.05) is 25.5 Å². The van der Waals surface area contributed by atoms with Gasteiger partial charge in [-0.05, 0) is 19.8 Å². The Hall–Kier alpha value is -2.05. The number of carboxylic acids is 1. The van der Waals surface area contributed by atoms with Crippen LogP contribution in [0.3, 0.4) is 0 Å². The van der Waals surface area contributed by atoms with Gasteiger partial charge in [-0.25, -0.2) is 9.59 Å². The van der Waals surface area contributed by atoms with Crippen LogP contribution in [0.5, 0.6) is 0 Å². The number of nitrogens with zero attached hydrogens (tertiary/aromatic N) is 1. The molecule has 2 heterocycles. The number of ether oxygens (including phenoxy) is 1. The molecular weight excluding hydrogens is 300 g/mol. The van der Waals surface area contributed by atoms with Crippen LogP contribution in [0, 0.1) is 5.92 Å². The summed E-state index contributed by atoms with van der Waals surface area (Å²) >= 11 is 0. The lowest BCUT2D eigenvalue weighted by Crippen LogP contribution is -2.64. The molecule has 0 bridgehead atoms. The molecule has 2 aliphatic rings. The van der Waals surface area contributed by atoms with Crippen molar-refractivity contribution in [1.82, 2.24) is 10.2 Å². The summed E-state index contributed by atoms with van der Waals surface area (Å²) in [5.41, 5.74) is 0. The molecular formula is C16H24N2O5. The second kappa shape index (κ2) is 7.02. The summed E-state index contributed by atoms with van der Waals surface area (Å²) in [6.45, 7) is 5.25. The van der Waals surface area contributed by atoms with Crippen molar-refractivity contribution in [3.63, 3.8) is 0 Å². The first kappa shape index (κ1) is 17.3. The lowest BCUT2D eigenvalue weighted by atomic mass is 9.87. The third-order valence-electron chi connectivity index (χ3n) is 4.49. The van der Waals surface area contributed by atoms with Gasteiger partial charge in [0.15, 0.2) is 0 Å². The number of aliphatic carboxylic acids is 1. The minimum absolute atomic E-state index is 0.120. The molecule has 23 heavy (non-hydrogen) atoms. The predicted octanol–water partition coefficient (Wildman–Crippen LogP) is 1.53. The van der Waals surface area contributed by atoms with Crippen molar-refractivity contribution in [2.24, 2.45) is 5.92 Å². The van der Waals surface area contributed by atoms with Crippen LogP contribution in [0.4, 0.5) is 4.79 Å². The summed E-state index contributed by atoms with van der Waals surface area (Å²) in [4.78, 5) is 36.8. The van der Waals surface area contributed by atoms with Crippen molar-refractivity contribution in [1.29, 1.82) is 0 Å². The van der Waals surface area contributed by atoms with Crippen LogP contribution >= 0.6 is 0 Å². The lowest BCUT2D eigenvalue weighted by molar-refractivity contribution is -0.143. The van der Waals surface area contributed by atoms with E-state index >= 15 is 0 Å². The Kier molecular flexibility index (Phi) is 5.28. The molecule has 128 valence electrons. The van der Waals surface area contributed by atoms with E-state index in [0.29, 0.717) is 12.8 Å². The molecule has 2 fully saturated rings. The third-order valence-corrected chi connectivity index (χ3v) is 4.49. The Labute approximate surface area is 135 Å². The second-order valence-corrected chi connectivity index (χ2v) is 6.11. The largest absolute Gasteiger partial charge is 0.480 e. The number of hydrogen-bond donors (Lipinski definition) is 2. The van der Waals surface area contributed by atoms with Gasteiger partial charge < -0.3 is 15.2 Å². The van der Waals surface area contributed by atoms with E-state index in [-0.39, 0.29) is 11.8 Å². The number of carbonyl (C=O) groups is 3. The summed E-state index contributed by atoms with van der Waals surface area (Å²) in [6.07, 6.45) is 4.49. The molecule has 0 aromatic rings. The van der Waals surface area contributed by atoms with Crippen LogP contribution in [0.1, 0.15) is 40.0 Å². The van der Waals surface area contributed by atoms with Gasteiger partial charge in [0.25, 0.3) is 0 Å². The average Bonchev–Trinajstić information content (AvgIpc) is 2.84. The summed E-state index contributed by atoms with van der Waals surface area (Å²) in [7, 11) is 0. The highest BCUT2D eigenvalue weighted by molar-refractivity contribution is 5.82. The first-order valence-corrected chi connectivity index (χ1v) is 8.02. The number of carboxylic acid groups (broad SMARTS) is 1. The maximum atomic E-state index is 12.4. The number of fused-ring (bicyclic) bond motifs is 1. The molecule has 0 radical (unpaired) electrons. The zero-order valence-corrected chi connectivity index (χ0v) is 13.7. The number of hydrogen-bond acceptors (Lipinski definition) is 4. The Bertz CT molecular complexity index is 519. The van der Waals surface area contributed by atoms with Crippen LogP contribution < -0.4 is 5.32 Å². The topological polar surface area (TPSA) is 95.9 Å². The first-order chi connectivity index (χ1) is 10.9. The highest BCUT2D eigenvalue weighted by Crippen LogP contribution is 2.39. The van der Waals surface area contributed by atoms with E-state index in [9.17, 15) is 19.5 Å². The highest BCUT2D eigenvalue weighted by atomic mass is 16.6. The van der Waals surface area contributed by atoms with Crippen LogP contribution in [0.25, 0.3) is 0 Å². The van der Waals surface area contributed by atoms with Gasteiger partial charge in [0, 0.05) is 12.8 Å². The fraction of sp³-hybridized carbons (Fsp3) is 0.688. The van der Waals surface area contributed by atoms with Crippen molar-refractivity contribution in [3.8, 4) is 0 Å². The monoisotopic (exact) mass is 324 g/mol. The molecule has 0 spiro atoms. The maximum absolute atomic E-state index is 12.4. The van der Waals surface area contributed by atoms with Crippen molar-refractivity contribution < 1.29 is 24.2 Å². The maximum Gasteiger partial charge on any atom is 0.411 e. The molecule has 2 amide bonds. The van der Waals surface area contributed by atoms with Crippen LogP contribution in [0.15, 0.2) is 12.2 Å². The number of allylic oxidation sites excluding steroid dienone is 1. The fourth-order valence-electron chi connectivity index (χ4n) is 3.69. The van der Waals surface area contributed by atoms with Crippen molar-refractivity contribution in [2.75, 3.05) is 0 Å². The molecule has 0 unspecified atom stereocenters. The van der Waals surface area contributed by atoms with Crippen LogP contribution in [-0.2, 0) is 14.3 Å². The molecule has 0 aromatic heterocycles. The van der Waals surface area contributed by atoms with Gasteiger partial charge >= 0.3 is 12.1 Å². The molecule has 2 aliphatic heterocycles. The zero-order valence-electron chi connectivity index (χ0n) is 13.7. The average molecular weight is 324 g/mol. The van der Waals surface area contributed by atoms with Crippen molar-refractivity contribution in [3.05, 3.63) is 12.2 Å². The van der Waals surface area contributed by atoms with E-state index in [1.165, 1.54) is 11.8 Å². The van der Waals surface area contributed by atoms with E-state index in [1.54, 1.807) is 0 Å². The zero-order chi connectivity index (χ0) is 17.1. The number of nitrogens with one attached hydrogen (secondary N) is 1. The summed E-state index contributed by atoms with van der Waals surface area (Å²) in [5.74, 6) is -1.38. The Balaban J connectivity index is 2.41. The lowest BCUT2D eigenvalue weighted by Gasteiger charge is -2.43. The molecule has 0 aliphatic carbocycles. The third kappa shape index (κ3) is 3.33. The summed E-state index contributed by atoms with van der Waals surface area (Å²) in [5, 5.41) is 12.3.